The molecule has 0 spiro atoms. The molecule has 0 atom stereocenters. The zero-order valence-electron chi connectivity index (χ0n) is 16.0. The molecule has 0 bridgehead atoms. The summed E-state index contributed by atoms with van der Waals surface area (Å²) in [5, 5.41) is 5.18. The van der Waals surface area contributed by atoms with Crippen LogP contribution in [0.3, 0.4) is 0 Å². The first-order valence-corrected chi connectivity index (χ1v) is 8.93. The van der Waals surface area contributed by atoms with Gasteiger partial charge in [0.2, 0.25) is 5.82 Å². The van der Waals surface area contributed by atoms with E-state index in [1.807, 2.05) is 39.0 Å². The number of urea groups is 1. The molecule has 144 valence electrons. The summed E-state index contributed by atoms with van der Waals surface area (Å²) in [6.45, 7) is 6.40. The summed E-state index contributed by atoms with van der Waals surface area (Å²) in [4.78, 5) is 29.0. The van der Waals surface area contributed by atoms with Gasteiger partial charge in [-0.2, -0.15) is 0 Å². The molecular weight excluding hydrogens is 356 g/mol. The van der Waals surface area contributed by atoms with Crippen LogP contribution in [0.2, 0.25) is 0 Å². The predicted octanol–water partition coefficient (Wildman–Crippen LogP) is 3.89. The van der Waals surface area contributed by atoms with Gasteiger partial charge in [-0.05, 0) is 68.3 Å². The number of rotatable bonds is 5. The van der Waals surface area contributed by atoms with E-state index in [-0.39, 0.29) is 5.82 Å². The molecule has 0 aliphatic carbocycles. The lowest BCUT2D eigenvalue weighted by Crippen LogP contribution is -2.28. The zero-order chi connectivity index (χ0) is 20.1. The smallest absolute Gasteiger partial charge is 0.325 e. The van der Waals surface area contributed by atoms with E-state index >= 15 is 0 Å². The number of carbonyl (C=O) groups excluding carboxylic acids is 1. The van der Waals surface area contributed by atoms with Crippen molar-refractivity contribution < 1.29 is 9.53 Å². The Hall–Kier alpha value is -3.61. The molecule has 0 saturated heterocycles. The van der Waals surface area contributed by atoms with Crippen LogP contribution in [0.5, 0.6) is 5.75 Å². The Kier molecular flexibility index (Phi) is 5.74. The number of carbonyl (C=O) groups is 1. The van der Waals surface area contributed by atoms with Crippen LogP contribution in [-0.2, 0) is 0 Å². The SMILES string of the molecule is CCOc1ccc(NC(=O)Nc2nccn(-c3cc(C)cc(C)c3)c2=O)cc1. The van der Waals surface area contributed by atoms with Gasteiger partial charge in [-0.3, -0.25) is 14.7 Å². The van der Waals surface area contributed by atoms with Crippen molar-refractivity contribution >= 4 is 17.5 Å². The Morgan fingerprint density at radius 3 is 2.39 bits per heavy atom. The number of hydrogen-bond acceptors (Lipinski definition) is 4. The van der Waals surface area contributed by atoms with Crippen molar-refractivity contribution in [3.05, 3.63) is 76.3 Å². The Morgan fingerprint density at radius 2 is 1.75 bits per heavy atom. The van der Waals surface area contributed by atoms with E-state index in [1.165, 1.54) is 10.8 Å². The Balaban J connectivity index is 1.77. The molecule has 2 amide bonds. The summed E-state index contributed by atoms with van der Waals surface area (Å²) in [5.74, 6) is 0.666. The Morgan fingerprint density at radius 1 is 1.07 bits per heavy atom. The number of ether oxygens (including phenoxy) is 1. The van der Waals surface area contributed by atoms with Crippen LogP contribution in [-0.4, -0.2) is 22.2 Å². The molecular formula is C21H22N4O3. The molecule has 0 unspecified atom stereocenters. The Bertz CT molecular complexity index is 1020. The number of nitrogens with one attached hydrogen (secondary N) is 2. The van der Waals surface area contributed by atoms with E-state index < -0.39 is 11.6 Å². The fourth-order valence-electron chi connectivity index (χ4n) is 2.86. The van der Waals surface area contributed by atoms with E-state index in [1.54, 1.807) is 30.5 Å². The third-order valence-electron chi connectivity index (χ3n) is 3.98. The molecule has 2 aromatic carbocycles. The minimum absolute atomic E-state index is 0.0508. The lowest BCUT2D eigenvalue weighted by atomic mass is 10.1. The summed E-state index contributed by atoms with van der Waals surface area (Å²) in [7, 11) is 0. The molecule has 7 heteroatoms. The molecule has 7 nitrogen and oxygen atoms in total. The van der Waals surface area contributed by atoms with Crippen LogP contribution in [0, 0.1) is 13.8 Å². The third kappa shape index (κ3) is 4.56. The molecule has 3 rings (SSSR count). The average molecular weight is 378 g/mol. The second-order valence-electron chi connectivity index (χ2n) is 6.33. The van der Waals surface area contributed by atoms with Crippen molar-refractivity contribution in [3.8, 4) is 11.4 Å². The summed E-state index contributed by atoms with van der Waals surface area (Å²) < 4.78 is 6.82. The molecule has 0 fully saturated rings. The molecule has 1 aromatic heterocycles. The summed E-state index contributed by atoms with van der Waals surface area (Å²) in [6.07, 6.45) is 3.05. The highest BCUT2D eigenvalue weighted by molar-refractivity contribution is 5.99. The molecule has 0 saturated carbocycles. The van der Waals surface area contributed by atoms with Gasteiger partial charge in [-0.25, -0.2) is 9.78 Å². The quantitative estimate of drug-likeness (QED) is 0.705. The standard InChI is InChI=1S/C21H22N4O3/c1-4-28-18-7-5-16(6-8-18)23-21(27)24-19-20(26)25(10-9-22-19)17-12-14(2)11-15(3)13-17/h5-13H,4H2,1-3H3,(H2,22,23,24,27). The number of anilines is 2. The zero-order valence-corrected chi connectivity index (χ0v) is 16.0. The maximum Gasteiger partial charge on any atom is 0.325 e. The monoisotopic (exact) mass is 378 g/mol. The number of nitrogens with zero attached hydrogens (tertiary/aromatic N) is 2. The lowest BCUT2D eigenvalue weighted by Gasteiger charge is -2.11. The van der Waals surface area contributed by atoms with Crippen molar-refractivity contribution in [1.82, 2.24) is 9.55 Å². The highest BCUT2D eigenvalue weighted by atomic mass is 16.5. The molecule has 0 aliphatic heterocycles. The third-order valence-corrected chi connectivity index (χ3v) is 3.98. The molecule has 1 heterocycles. The average Bonchev–Trinajstić information content (AvgIpc) is 2.64. The maximum absolute atomic E-state index is 12.7. The summed E-state index contributed by atoms with van der Waals surface area (Å²) in [6, 6.07) is 12.2. The van der Waals surface area contributed by atoms with Crippen LogP contribution >= 0.6 is 0 Å². The molecule has 0 radical (unpaired) electrons. The van der Waals surface area contributed by atoms with Gasteiger partial charge in [-0.15, -0.1) is 0 Å². The lowest BCUT2D eigenvalue weighted by molar-refractivity contribution is 0.262. The van der Waals surface area contributed by atoms with Gasteiger partial charge < -0.3 is 10.1 Å². The number of aryl methyl sites for hydroxylation is 2. The topological polar surface area (TPSA) is 85.2 Å². The van der Waals surface area contributed by atoms with Gasteiger partial charge in [0.15, 0.2) is 0 Å². The van der Waals surface area contributed by atoms with Gasteiger partial charge >= 0.3 is 6.03 Å². The molecule has 28 heavy (non-hydrogen) atoms. The van der Waals surface area contributed by atoms with Crippen molar-refractivity contribution in [2.45, 2.75) is 20.8 Å². The van der Waals surface area contributed by atoms with E-state index in [4.69, 9.17) is 4.74 Å². The molecule has 2 N–H and O–H groups in total. The van der Waals surface area contributed by atoms with Crippen LogP contribution in [0.4, 0.5) is 16.3 Å². The maximum atomic E-state index is 12.7. The van der Waals surface area contributed by atoms with Gasteiger partial charge in [0, 0.05) is 23.8 Å². The number of aromatic nitrogens is 2. The number of amides is 2. The van der Waals surface area contributed by atoms with E-state index in [0.717, 1.165) is 22.6 Å². The minimum atomic E-state index is -0.549. The predicted molar refractivity (Wildman–Crippen MR) is 110 cm³/mol. The number of hydrogen-bond donors (Lipinski definition) is 2. The van der Waals surface area contributed by atoms with E-state index in [2.05, 4.69) is 15.6 Å². The minimum Gasteiger partial charge on any atom is -0.494 e. The van der Waals surface area contributed by atoms with Crippen molar-refractivity contribution in [2.75, 3.05) is 17.2 Å². The van der Waals surface area contributed by atoms with E-state index in [9.17, 15) is 9.59 Å². The second kappa shape index (κ2) is 8.39. The highest BCUT2D eigenvalue weighted by Gasteiger charge is 2.11. The first kappa shape index (κ1) is 19.2. The van der Waals surface area contributed by atoms with Crippen molar-refractivity contribution in [1.29, 1.82) is 0 Å². The fraction of sp³-hybridized carbons (Fsp3) is 0.190. The summed E-state index contributed by atoms with van der Waals surface area (Å²) in [5.41, 5.74) is 2.98. The second-order valence-corrected chi connectivity index (χ2v) is 6.33. The molecule has 3 aromatic rings. The van der Waals surface area contributed by atoms with E-state index in [0.29, 0.717) is 12.3 Å². The van der Waals surface area contributed by atoms with Gasteiger partial charge in [0.25, 0.3) is 5.56 Å². The largest absolute Gasteiger partial charge is 0.494 e. The van der Waals surface area contributed by atoms with Crippen molar-refractivity contribution in [3.63, 3.8) is 0 Å². The van der Waals surface area contributed by atoms with Crippen LogP contribution in [0.1, 0.15) is 18.1 Å². The molecule has 0 aliphatic rings. The Labute approximate surface area is 163 Å². The van der Waals surface area contributed by atoms with Crippen LogP contribution < -0.4 is 20.9 Å². The van der Waals surface area contributed by atoms with Crippen LogP contribution in [0.25, 0.3) is 5.69 Å². The first-order chi connectivity index (χ1) is 13.5. The summed E-state index contributed by atoms with van der Waals surface area (Å²) >= 11 is 0. The first-order valence-electron chi connectivity index (χ1n) is 8.93. The van der Waals surface area contributed by atoms with Crippen LogP contribution in [0.15, 0.2) is 59.7 Å². The normalized spacial score (nSPS) is 10.4. The fourth-order valence-corrected chi connectivity index (χ4v) is 2.86. The van der Waals surface area contributed by atoms with Gasteiger partial charge in [0.1, 0.15) is 5.75 Å². The van der Waals surface area contributed by atoms with Gasteiger partial charge in [-0.1, -0.05) is 6.07 Å². The number of benzene rings is 2. The van der Waals surface area contributed by atoms with Crippen molar-refractivity contribution in [2.24, 2.45) is 0 Å². The highest BCUT2D eigenvalue weighted by Crippen LogP contribution is 2.16. The van der Waals surface area contributed by atoms with Gasteiger partial charge in [0.05, 0.1) is 6.61 Å².